The first-order valence-corrected chi connectivity index (χ1v) is 22.7. The number of hydrogen-bond donors (Lipinski definition) is 4. The topological polar surface area (TPSA) is 175 Å². The van der Waals surface area contributed by atoms with E-state index in [2.05, 4.69) is 81.3 Å². The molecule has 4 bridgehead atoms. The van der Waals surface area contributed by atoms with Gasteiger partial charge in [-0.15, -0.1) is 0 Å². The Bertz CT molecular complexity index is 2490. The van der Waals surface area contributed by atoms with Crippen LogP contribution in [-0.2, 0) is 44.7 Å². The number of aryl methyl sites for hydroxylation is 4. The monoisotopic (exact) mass is 868 g/mol. The van der Waals surface area contributed by atoms with Crippen LogP contribution in [0.4, 0.5) is 9.59 Å². The van der Waals surface area contributed by atoms with Crippen LogP contribution in [-0.4, -0.2) is 93.1 Å². The van der Waals surface area contributed by atoms with Crippen LogP contribution in [0.1, 0.15) is 99.4 Å². The van der Waals surface area contributed by atoms with Crippen molar-refractivity contribution in [2.75, 3.05) is 27.3 Å². The lowest BCUT2D eigenvalue weighted by atomic mass is 9.88. The van der Waals surface area contributed by atoms with E-state index < -0.39 is 24.3 Å². The largest absolute Gasteiger partial charge is 0.453 e. The van der Waals surface area contributed by atoms with Gasteiger partial charge in [0.05, 0.1) is 37.7 Å². The van der Waals surface area contributed by atoms with Crippen LogP contribution < -0.4 is 10.6 Å². The van der Waals surface area contributed by atoms with E-state index in [9.17, 15) is 19.2 Å². The van der Waals surface area contributed by atoms with Crippen molar-refractivity contribution in [2.24, 2.45) is 11.8 Å². The molecular weight excluding hydrogens is 809 g/mol. The van der Waals surface area contributed by atoms with E-state index in [1.54, 1.807) is 0 Å². The number of nitrogens with one attached hydrogen (secondary N) is 4. The van der Waals surface area contributed by atoms with Crippen molar-refractivity contribution in [3.63, 3.8) is 0 Å². The molecule has 14 nitrogen and oxygen atoms in total. The van der Waals surface area contributed by atoms with Crippen molar-refractivity contribution in [2.45, 2.75) is 103 Å². The highest BCUT2D eigenvalue weighted by Gasteiger charge is 2.39. The molecule has 4 N–H and O–H groups in total. The van der Waals surface area contributed by atoms with Crippen molar-refractivity contribution in [3.05, 3.63) is 107 Å². The minimum Gasteiger partial charge on any atom is -0.453 e. The molecule has 0 spiro atoms. The van der Waals surface area contributed by atoms with Crippen LogP contribution in [0, 0.1) is 11.8 Å². The summed E-state index contributed by atoms with van der Waals surface area (Å²) < 4.78 is 9.60. The van der Waals surface area contributed by atoms with E-state index in [1.165, 1.54) is 42.0 Å². The summed E-state index contributed by atoms with van der Waals surface area (Å²) >= 11 is 0. The second-order valence-electron chi connectivity index (χ2n) is 18.0. The van der Waals surface area contributed by atoms with Gasteiger partial charge in [-0.1, -0.05) is 82.3 Å². The summed E-state index contributed by atoms with van der Waals surface area (Å²) in [6.07, 6.45) is 9.35. The molecule has 14 heteroatoms. The molecule has 2 aromatic heterocycles. The minimum absolute atomic E-state index is 0.104. The normalized spacial score (nSPS) is 18.2. The Balaban J connectivity index is 0.969. The Morgan fingerprint density at radius 2 is 1.06 bits per heavy atom. The third-order valence-corrected chi connectivity index (χ3v) is 13.2. The van der Waals surface area contributed by atoms with Gasteiger partial charge < -0.3 is 39.9 Å². The highest BCUT2D eigenvalue weighted by Crippen LogP contribution is 2.37. The highest BCUT2D eigenvalue weighted by molar-refractivity contribution is 5.87. The summed E-state index contributed by atoms with van der Waals surface area (Å²) in [4.78, 5) is 72.1. The van der Waals surface area contributed by atoms with Crippen LogP contribution in [0.25, 0.3) is 33.6 Å². The predicted molar refractivity (Wildman–Crippen MR) is 244 cm³/mol. The number of carbonyl (C=O) groups is 4. The molecule has 4 atom stereocenters. The van der Waals surface area contributed by atoms with Gasteiger partial charge in [-0.05, 0) is 103 Å². The second-order valence-corrected chi connectivity index (χ2v) is 18.0. The number of hydrogen-bond acceptors (Lipinski definition) is 8. The van der Waals surface area contributed by atoms with Crippen LogP contribution in [0.15, 0.2) is 73.1 Å². The van der Waals surface area contributed by atoms with E-state index >= 15 is 0 Å². The Morgan fingerprint density at radius 3 is 1.56 bits per heavy atom. The summed E-state index contributed by atoms with van der Waals surface area (Å²) in [5.74, 6) is 1.04. The highest BCUT2D eigenvalue weighted by atomic mass is 16.5. The first kappa shape index (κ1) is 44.2. The second kappa shape index (κ2) is 19.1. The zero-order valence-corrected chi connectivity index (χ0v) is 37.7. The fourth-order valence-corrected chi connectivity index (χ4v) is 9.57. The molecule has 6 aliphatic rings. The molecule has 2 fully saturated rings. The number of likely N-dealkylation sites (tertiary alicyclic amines) is 2. The number of aromatic amines is 2. The number of aromatic nitrogens is 4. The average molecular weight is 869 g/mol. The van der Waals surface area contributed by atoms with Gasteiger partial charge in [0, 0.05) is 36.6 Å². The number of rotatable bonds is 11. The van der Waals surface area contributed by atoms with Gasteiger partial charge in [-0.3, -0.25) is 9.59 Å². The Morgan fingerprint density at radius 1 is 0.609 bits per heavy atom. The fraction of sp³-hybridized carbons (Fsp3) is 0.440. The molecule has 11 rings (SSSR count). The van der Waals surface area contributed by atoms with Gasteiger partial charge in [-0.2, -0.15) is 0 Å². The Labute approximate surface area is 374 Å². The summed E-state index contributed by atoms with van der Waals surface area (Å²) in [6.45, 7) is 8.87. The van der Waals surface area contributed by atoms with Gasteiger partial charge >= 0.3 is 12.2 Å². The summed E-state index contributed by atoms with van der Waals surface area (Å²) in [5, 5.41) is 5.45. The van der Waals surface area contributed by atoms with Gasteiger partial charge in [0.25, 0.3) is 0 Å². The fourth-order valence-electron chi connectivity index (χ4n) is 9.57. The van der Waals surface area contributed by atoms with Crippen LogP contribution in [0.2, 0.25) is 0 Å². The number of carbonyl (C=O) groups excluding carboxylic acids is 4. The first-order chi connectivity index (χ1) is 30.9. The molecule has 64 heavy (non-hydrogen) atoms. The molecule has 5 aromatic rings. The number of imidazole rings is 2. The van der Waals surface area contributed by atoms with Crippen molar-refractivity contribution in [3.8, 4) is 33.6 Å². The third kappa shape index (κ3) is 9.27. The number of alkyl carbamates (subject to hydrolysis) is 2. The molecule has 4 heterocycles. The number of methoxy groups -OCH3 is 2. The van der Waals surface area contributed by atoms with Crippen LogP contribution >= 0.6 is 0 Å². The van der Waals surface area contributed by atoms with Crippen molar-refractivity contribution in [1.29, 1.82) is 0 Å². The van der Waals surface area contributed by atoms with Crippen molar-refractivity contribution in [1.82, 2.24) is 40.4 Å². The molecule has 3 aromatic carbocycles. The number of nitrogens with zero attached hydrogens (tertiary/aromatic N) is 4. The maximum absolute atomic E-state index is 13.8. The zero-order valence-electron chi connectivity index (χ0n) is 37.7. The van der Waals surface area contributed by atoms with Crippen molar-refractivity contribution < 1.29 is 28.7 Å². The maximum Gasteiger partial charge on any atom is 0.407 e. The van der Waals surface area contributed by atoms with E-state index in [0.717, 1.165) is 91.1 Å². The summed E-state index contributed by atoms with van der Waals surface area (Å²) in [6, 6.07) is 20.5. The Hall–Kier alpha value is -6.44. The van der Waals surface area contributed by atoms with E-state index in [4.69, 9.17) is 19.4 Å². The lowest BCUT2D eigenvalue weighted by molar-refractivity contribution is -0.136. The summed E-state index contributed by atoms with van der Waals surface area (Å²) in [5.41, 5.74) is 11.2. The lowest BCUT2D eigenvalue weighted by Crippen LogP contribution is -2.51. The van der Waals surface area contributed by atoms with E-state index in [0.29, 0.717) is 13.1 Å². The molecule has 4 amide bonds. The van der Waals surface area contributed by atoms with E-state index in [-0.39, 0.29) is 35.7 Å². The van der Waals surface area contributed by atoms with Gasteiger partial charge in [0.1, 0.15) is 23.7 Å². The molecular formula is C50H60N8O6. The first-order valence-electron chi connectivity index (χ1n) is 22.7. The van der Waals surface area contributed by atoms with Gasteiger partial charge in [0.2, 0.25) is 11.8 Å². The maximum atomic E-state index is 13.8. The molecule has 0 unspecified atom stereocenters. The number of amides is 4. The molecule has 336 valence electrons. The molecule has 0 radical (unpaired) electrons. The van der Waals surface area contributed by atoms with Crippen molar-refractivity contribution >= 4 is 24.0 Å². The smallest absolute Gasteiger partial charge is 0.407 e. The number of H-pyrrole nitrogens is 2. The van der Waals surface area contributed by atoms with Gasteiger partial charge in [-0.25, -0.2) is 19.6 Å². The molecule has 4 aliphatic carbocycles. The number of benzene rings is 3. The molecule has 2 saturated heterocycles. The third-order valence-electron chi connectivity index (χ3n) is 13.2. The van der Waals surface area contributed by atoms with Crippen LogP contribution in [0.5, 0.6) is 0 Å². The van der Waals surface area contributed by atoms with Gasteiger partial charge in [0.15, 0.2) is 0 Å². The lowest BCUT2D eigenvalue weighted by Gasteiger charge is -2.30. The number of ether oxygens (including phenoxy) is 2. The zero-order chi connectivity index (χ0) is 45.1. The van der Waals surface area contributed by atoms with Crippen LogP contribution in [0.3, 0.4) is 0 Å². The molecule has 0 saturated carbocycles. The Kier molecular flexibility index (Phi) is 13.2. The predicted octanol–water partition coefficient (Wildman–Crippen LogP) is 8.11. The average Bonchev–Trinajstić information content (AvgIpc) is 4.15. The SMILES string of the molecule is COC(=O)N[C@H](C(=O)N1CCC[C@H]1c1nc(-c2ccc(-c3cc4ccc3CCc3ccc(c(-c5c[nH]c([C@@H]6CCCN6C(=O)[C@@H](NC(=O)OC)C(C)C)n5)c3)CC4)cc2)c[nH]1)C(C)C. The summed E-state index contributed by atoms with van der Waals surface area (Å²) in [7, 11) is 2.60. The van der Waals surface area contributed by atoms with E-state index in [1.807, 2.05) is 49.9 Å². The molecule has 2 aliphatic heterocycles. The minimum atomic E-state index is -0.688. The quantitative estimate of drug-likeness (QED) is 0.103. The standard InChI is InChI=1S/C50H60N8O6/c1-29(2)43(55-49(61)63-5)47(59)57-23-7-9-41(57)45-51-27-39(53-45)36-21-19-34(20-22-36)37-25-31-11-15-33(37)16-12-32-14-18-35(17-13-31)38(26-32)40-28-52-46(54-40)42-10-8-24-58(42)48(60)44(30(3)4)56-50(62)64-6/h11,14-15,18-22,25-30,41-44H,7-10,12-13,16-17,23-24H2,1-6H3,(H,51,53)(H,52,54)(H,55,61)(H,56,62)/t41-,42-,43-,44-/m0/s1.